The third-order valence-electron chi connectivity index (χ3n) is 5.34. The minimum absolute atomic E-state index is 0.0556. The molecule has 0 bridgehead atoms. The molecule has 5 nitrogen and oxygen atoms in total. The Morgan fingerprint density at radius 3 is 2.17 bits per heavy atom. The Bertz CT molecular complexity index is 1390. The summed E-state index contributed by atoms with van der Waals surface area (Å²) in [7, 11) is -4.20. The molecule has 0 radical (unpaired) electrons. The third-order valence-corrected chi connectivity index (χ3v) is 8.18. The van der Waals surface area contributed by atoms with E-state index in [1.54, 1.807) is 32.0 Å². The number of nitrogens with zero attached hydrogens (tertiary/aromatic N) is 1. The summed E-state index contributed by atoms with van der Waals surface area (Å²) in [4.78, 5) is 12.9. The van der Waals surface area contributed by atoms with Crippen LogP contribution >= 0.6 is 23.2 Å². The van der Waals surface area contributed by atoms with E-state index in [0.717, 1.165) is 28.1 Å². The van der Waals surface area contributed by atoms with Crippen molar-refractivity contribution in [3.8, 4) is 0 Å². The summed E-state index contributed by atoms with van der Waals surface area (Å²) in [5.41, 5.74) is 1.32. The summed E-state index contributed by atoms with van der Waals surface area (Å²) in [5, 5.41) is 2.85. The van der Waals surface area contributed by atoms with Gasteiger partial charge in [0.2, 0.25) is 15.9 Å². The maximum Gasteiger partial charge on any atom is 0.416 e. The number of aryl methyl sites for hydroxylation is 3. The van der Waals surface area contributed by atoms with Gasteiger partial charge in [-0.25, -0.2) is 8.42 Å². The average Bonchev–Trinajstić information content (AvgIpc) is 2.74. The van der Waals surface area contributed by atoms with Crippen molar-refractivity contribution in [2.75, 3.05) is 11.9 Å². The highest BCUT2D eigenvalue weighted by molar-refractivity contribution is 7.89. The first-order chi connectivity index (χ1) is 16.7. The minimum Gasteiger partial charge on any atom is -0.325 e. The quantitative estimate of drug-likeness (QED) is 0.348. The van der Waals surface area contributed by atoms with E-state index in [1.165, 1.54) is 18.2 Å². The molecule has 3 aromatic rings. The van der Waals surface area contributed by atoms with Gasteiger partial charge in [0.05, 0.1) is 27.0 Å². The first kappa shape index (κ1) is 28.0. The number of halogens is 5. The van der Waals surface area contributed by atoms with E-state index < -0.39 is 34.2 Å². The topological polar surface area (TPSA) is 66.5 Å². The van der Waals surface area contributed by atoms with Crippen LogP contribution in [0.2, 0.25) is 10.0 Å². The fraction of sp³-hybridized carbons (Fsp3) is 0.240. The Kier molecular flexibility index (Phi) is 8.40. The Hall–Kier alpha value is -2.59. The van der Waals surface area contributed by atoms with Crippen LogP contribution in [0.5, 0.6) is 0 Å². The van der Waals surface area contributed by atoms with Gasteiger partial charge in [0.15, 0.2) is 0 Å². The zero-order chi connectivity index (χ0) is 26.8. The normalized spacial score (nSPS) is 12.1. The molecule has 0 atom stereocenters. The van der Waals surface area contributed by atoms with E-state index >= 15 is 0 Å². The lowest BCUT2D eigenvalue weighted by Gasteiger charge is -2.24. The summed E-state index contributed by atoms with van der Waals surface area (Å²) in [5.74, 6) is -0.805. The van der Waals surface area contributed by atoms with Gasteiger partial charge in [-0.15, -0.1) is 0 Å². The minimum atomic E-state index is -4.59. The van der Waals surface area contributed by atoms with Gasteiger partial charge in [-0.3, -0.25) is 4.79 Å². The smallest absolute Gasteiger partial charge is 0.325 e. The van der Waals surface area contributed by atoms with Crippen molar-refractivity contribution in [3.63, 3.8) is 0 Å². The van der Waals surface area contributed by atoms with Gasteiger partial charge >= 0.3 is 6.18 Å². The van der Waals surface area contributed by atoms with E-state index in [2.05, 4.69) is 5.32 Å². The third kappa shape index (κ3) is 6.59. The molecule has 1 N–H and O–H groups in total. The van der Waals surface area contributed by atoms with Crippen molar-refractivity contribution in [1.29, 1.82) is 0 Å². The van der Waals surface area contributed by atoms with E-state index in [9.17, 15) is 26.4 Å². The SMILES string of the molecule is Cc1cc(C)c(S(=O)(=O)N(CC(=O)Nc2cccc(C(F)(F)F)c2)Cc2ccc(Cl)c(Cl)c2)c(C)c1. The van der Waals surface area contributed by atoms with Gasteiger partial charge < -0.3 is 5.32 Å². The summed E-state index contributed by atoms with van der Waals surface area (Å²) < 4.78 is 67.6. The van der Waals surface area contributed by atoms with Crippen molar-refractivity contribution < 1.29 is 26.4 Å². The highest BCUT2D eigenvalue weighted by Gasteiger charge is 2.32. The standard InChI is InChI=1S/C25H23Cl2F3N2O3S/c1-15-9-16(2)24(17(3)10-15)36(34,35)32(13-18-7-8-21(26)22(27)11-18)14-23(33)31-20-6-4-5-19(12-20)25(28,29)30/h4-12H,13-14H2,1-3H3,(H,31,33). The Labute approximate surface area is 217 Å². The zero-order valence-electron chi connectivity index (χ0n) is 19.6. The lowest BCUT2D eigenvalue weighted by Crippen LogP contribution is -2.38. The van der Waals surface area contributed by atoms with Crippen molar-refractivity contribution in [2.45, 2.75) is 38.4 Å². The monoisotopic (exact) mass is 558 g/mol. The molecule has 0 unspecified atom stereocenters. The van der Waals surface area contributed by atoms with E-state index in [4.69, 9.17) is 23.2 Å². The summed E-state index contributed by atoms with van der Waals surface area (Å²) in [6.45, 7) is 4.29. The Morgan fingerprint density at radius 1 is 0.944 bits per heavy atom. The van der Waals surface area contributed by atoms with Crippen LogP contribution in [0.1, 0.15) is 27.8 Å². The number of nitrogens with one attached hydrogen (secondary N) is 1. The Balaban J connectivity index is 1.97. The summed E-state index contributed by atoms with van der Waals surface area (Å²) in [6.07, 6.45) is -4.59. The second-order valence-corrected chi connectivity index (χ2v) is 11.1. The number of rotatable bonds is 7. The molecule has 0 aliphatic rings. The van der Waals surface area contributed by atoms with Gasteiger partial charge in [0.25, 0.3) is 0 Å². The molecular weight excluding hydrogens is 536 g/mol. The summed E-state index contributed by atoms with van der Waals surface area (Å²) in [6, 6.07) is 12.1. The number of anilines is 1. The maximum atomic E-state index is 13.8. The molecule has 0 spiro atoms. The molecule has 11 heteroatoms. The van der Waals surface area contributed by atoms with Crippen LogP contribution in [0.15, 0.2) is 59.5 Å². The van der Waals surface area contributed by atoms with E-state index in [0.29, 0.717) is 16.7 Å². The lowest BCUT2D eigenvalue weighted by molar-refractivity contribution is -0.137. The molecule has 192 valence electrons. The van der Waals surface area contributed by atoms with Crippen molar-refractivity contribution in [1.82, 2.24) is 4.31 Å². The van der Waals surface area contributed by atoms with Crippen LogP contribution < -0.4 is 5.32 Å². The van der Waals surface area contributed by atoms with Crippen molar-refractivity contribution in [2.24, 2.45) is 0 Å². The number of carbonyl (C=O) groups is 1. The predicted molar refractivity (Wildman–Crippen MR) is 135 cm³/mol. The molecule has 0 heterocycles. The maximum absolute atomic E-state index is 13.8. The number of amides is 1. The molecule has 0 fully saturated rings. The highest BCUT2D eigenvalue weighted by atomic mass is 35.5. The van der Waals surface area contributed by atoms with E-state index in [1.807, 2.05) is 6.92 Å². The molecule has 0 aliphatic heterocycles. The van der Waals surface area contributed by atoms with Crippen LogP contribution in [0, 0.1) is 20.8 Å². The molecule has 36 heavy (non-hydrogen) atoms. The molecule has 0 aromatic heterocycles. The fourth-order valence-electron chi connectivity index (χ4n) is 3.90. The molecule has 0 aliphatic carbocycles. The van der Waals surface area contributed by atoms with Gasteiger partial charge in [0, 0.05) is 12.2 Å². The molecule has 0 saturated carbocycles. The largest absolute Gasteiger partial charge is 0.416 e. The number of carbonyl (C=O) groups excluding carboxylic acids is 1. The number of hydrogen-bond acceptors (Lipinski definition) is 3. The average molecular weight is 559 g/mol. The first-order valence-corrected chi connectivity index (χ1v) is 12.9. The van der Waals surface area contributed by atoms with Gasteiger partial charge in [-0.05, 0) is 67.8 Å². The van der Waals surface area contributed by atoms with Crippen LogP contribution in [-0.2, 0) is 27.5 Å². The summed E-state index contributed by atoms with van der Waals surface area (Å²) >= 11 is 12.1. The second-order valence-electron chi connectivity index (χ2n) is 8.38. The zero-order valence-corrected chi connectivity index (χ0v) is 21.9. The Morgan fingerprint density at radius 2 is 1.58 bits per heavy atom. The van der Waals surface area contributed by atoms with Gasteiger partial charge in [-0.2, -0.15) is 17.5 Å². The van der Waals surface area contributed by atoms with Gasteiger partial charge in [-0.1, -0.05) is 53.0 Å². The van der Waals surface area contributed by atoms with Crippen molar-refractivity contribution >= 4 is 44.8 Å². The second kappa shape index (κ2) is 10.8. The fourth-order valence-corrected chi connectivity index (χ4v) is 6.02. The van der Waals surface area contributed by atoms with Crippen molar-refractivity contribution in [3.05, 3.63) is 92.5 Å². The number of sulfonamides is 1. The molecule has 3 aromatic carbocycles. The lowest BCUT2D eigenvalue weighted by atomic mass is 10.1. The van der Waals surface area contributed by atoms with Crippen LogP contribution in [-0.4, -0.2) is 25.2 Å². The molecule has 1 amide bonds. The van der Waals surface area contributed by atoms with Crippen LogP contribution in [0.25, 0.3) is 0 Å². The molecule has 0 saturated heterocycles. The number of alkyl halides is 3. The number of hydrogen-bond donors (Lipinski definition) is 1. The molecular formula is C25H23Cl2F3N2O3S. The molecule has 3 rings (SSSR count). The highest BCUT2D eigenvalue weighted by Crippen LogP contribution is 2.31. The predicted octanol–water partition coefficient (Wildman–Crippen LogP) is 6.77. The van der Waals surface area contributed by atoms with Gasteiger partial charge in [0.1, 0.15) is 0 Å². The van der Waals surface area contributed by atoms with E-state index in [-0.39, 0.29) is 27.2 Å². The van der Waals surface area contributed by atoms with Crippen LogP contribution in [0.3, 0.4) is 0 Å². The number of benzene rings is 3. The first-order valence-electron chi connectivity index (χ1n) is 10.7. The van der Waals surface area contributed by atoms with Crippen LogP contribution in [0.4, 0.5) is 18.9 Å².